The third-order valence-electron chi connectivity index (χ3n) is 8.19. The summed E-state index contributed by atoms with van der Waals surface area (Å²) in [5.74, 6) is -0.0158. The maximum atomic E-state index is 14.2. The number of amides is 1. The summed E-state index contributed by atoms with van der Waals surface area (Å²) in [4.78, 5) is 37.8. The van der Waals surface area contributed by atoms with Crippen LogP contribution in [0.1, 0.15) is 82.3 Å². The second-order valence-electron chi connectivity index (χ2n) is 11.3. The molecule has 0 aliphatic heterocycles. The number of para-hydroxylation sites is 2. The van der Waals surface area contributed by atoms with Crippen LogP contribution in [-0.4, -0.2) is 50.9 Å². The molecule has 1 unspecified atom stereocenters. The van der Waals surface area contributed by atoms with E-state index >= 15 is 0 Å². The number of carbonyl (C=O) groups is 2. The number of benzene rings is 2. The molecule has 0 saturated heterocycles. The SMILES string of the molecule is CCCCCN(CCC(CC)C(=O)c1ccc2ccccc2n1)C(=O)[C@H](Cc1c[nH]c2ccccc12)NS[C@H](C)CC. The molecule has 6 nitrogen and oxygen atoms in total. The molecule has 0 saturated carbocycles. The van der Waals surface area contributed by atoms with Gasteiger partial charge in [0.1, 0.15) is 11.7 Å². The number of ketones is 1. The normalized spacial score (nSPS) is 13.7. The number of H-pyrrole nitrogens is 1. The fourth-order valence-electron chi connectivity index (χ4n) is 5.33. The van der Waals surface area contributed by atoms with Crippen molar-refractivity contribution < 1.29 is 9.59 Å². The average Bonchev–Trinajstić information content (AvgIpc) is 3.44. The molecule has 0 radical (unpaired) electrons. The van der Waals surface area contributed by atoms with Crippen LogP contribution >= 0.6 is 11.9 Å². The Balaban J connectivity index is 1.52. The third kappa shape index (κ3) is 8.23. The summed E-state index contributed by atoms with van der Waals surface area (Å²) in [5.41, 5.74) is 3.56. The number of carbonyl (C=O) groups excluding carboxylic acids is 2. The fraction of sp³-hybridized carbons (Fsp3) is 0.457. The van der Waals surface area contributed by atoms with Crippen LogP contribution in [0.15, 0.2) is 66.9 Å². The zero-order valence-corrected chi connectivity index (χ0v) is 26.4. The molecule has 4 aromatic rings. The van der Waals surface area contributed by atoms with Gasteiger partial charge in [-0.15, -0.1) is 0 Å². The Hall–Kier alpha value is -3.16. The number of fused-ring (bicyclic) bond motifs is 2. The van der Waals surface area contributed by atoms with E-state index < -0.39 is 0 Å². The van der Waals surface area contributed by atoms with Crippen LogP contribution < -0.4 is 4.72 Å². The second kappa shape index (κ2) is 15.9. The number of hydrogen-bond acceptors (Lipinski definition) is 5. The molecular weight excluding hydrogens is 540 g/mol. The molecule has 0 fully saturated rings. The van der Waals surface area contributed by atoms with Gasteiger partial charge >= 0.3 is 0 Å². The Morgan fingerprint density at radius 2 is 1.74 bits per heavy atom. The molecule has 4 rings (SSSR count). The predicted molar refractivity (Wildman–Crippen MR) is 177 cm³/mol. The lowest BCUT2D eigenvalue weighted by molar-refractivity contribution is -0.133. The summed E-state index contributed by atoms with van der Waals surface area (Å²) >= 11 is 1.65. The van der Waals surface area contributed by atoms with E-state index in [-0.39, 0.29) is 23.7 Å². The molecule has 3 atom stereocenters. The van der Waals surface area contributed by atoms with Gasteiger partial charge in [0.25, 0.3) is 0 Å². The van der Waals surface area contributed by atoms with Crippen molar-refractivity contribution in [1.29, 1.82) is 0 Å². The first kappa shape index (κ1) is 31.8. The Morgan fingerprint density at radius 3 is 2.52 bits per heavy atom. The molecule has 0 aliphatic rings. The van der Waals surface area contributed by atoms with Crippen molar-refractivity contribution >= 4 is 45.4 Å². The number of aromatic amines is 1. The number of Topliss-reactive ketones (excluding diaryl/α,β-unsaturated/α-hetero) is 1. The first-order valence-corrected chi connectivity index (χ1v) is 16.5. The molecular formula is C35H46N4O2S. The molecule has 2 heterocycles. The van der Waals surface area contributed by atoms with Crippen molar-refractivity contribution in [3.05, 3.63) is 78.1 Å². The molecule has 2 N–H and O–H groups in total. The smallest absolute Gasteiger partial charge is 0.240 e. The summed E-state index contributed by atoms with van der Waals surface area (Å²) in [6, 6.07) is 19.6. The maximum Gasteiger partial charge on any atom is 0.240 e. The van der Waals surface area contributed by atoms with Crippen LogP contribution in [0, 0.1) is 5.92 Å². The molecule has 1 amide bonds. The molecule has 0 bridgehead atoms. The number of hydrogen-bond donors (Lipinski definition) is 2. The van der Waals surface area contributed by atoms with Gasteiger partial charge in [0.15, 0.2) is 5.78 Å². The highest BCUT2D eigenvalue weighted by Gasteiger charge is 2.28. The summed E-state index contributed by atoms with van der Waals surface area (Å²) in [6.07, 6.45) is 8.12. The van der Waals surface area contributed by atoms with Crippen LogP contribution in [-0.2, 0) is 11.2 Å². The van der Waals surface area contributed by atoms with Gasteiger partial charge in [0.2, 0.25) is 5.91 Å². The highest BCUT2D eigenvalue weighted by molar-refractivity contribution is 7.98. The minimum Gasteiger partial charge on any atom is -0.361 e. The molecule has 2 aromatic heterocycles. The summed E-state index contributed by atoms with van der Waals surface area (Å²) < 4.78 is 3.55. The van der Waals surface area contributed by atoms with Crippen molar-refractivity contribution in [1.82, 2.24) is 19.6 Å². The summed E-state index contributed by atoms with van der Waals surface area (Å²) in [7, 11) is 0. The summed E-state index contributed by atoms with van der Waals surface area (Å²) in [5, 5.41) is 2.58. The van der Waals surface area contributed by atoms with Crippen LogP contribution in [0.3, 0.4) is 0 Å². The van der Waals surface area contributed by atoms with Gasteiger partial charge in [-0.2, -0.15) is 0 Å². The third-order valence-corrected chi connectivity index (χ3v) is 9.34. The van der Waals surface area contributed by atoms with Crippen molar-refractivity contribution in [3.8, 4) is 0 Å². The van der Waals surface area contributed by atoms with E-state index in [1.54, 1.807) is 11.9 Å². The fourth-order valence-corrected chi connectivity index (χ4v) is 6.08. The van der Waals surface area contributed by atoms with Gasteiger partial charge in [-0.05, 0) is 55.9 Å². The van der Waals surface area contributed by atoms with E-state index in [1.165, 1.54) is 0 Å². The first-order valence-electron chi connectivity index (χ1n) is 15.6. The number of pyridine rings is 1. The summed E-state index contributed by atoms with van der Waals surface area (Å²) in [6.45, 7) is 9.84. The Kier molecular flexibility index (Phi) is 12.0. The van der Waals surface area contributed by atoms with E-state index in [4.69, 9.17) is 0 Å². The van der Waals surface area contributed by atoms with E-state index in [2.05, 4.69) is 54.5 Å². The molecule has 2 aromatic carbocycles. The van der Waals surface area contributed by atoms with E-state index in [1.807, 2.05) is 59.6 Å². The van der Waals surface area contributed by atoms with Crippen LogP contribution in [0.2, 0.25) is 0 Å². The van der Waals surface area contributed by atoms with Crippen LogP contribution in [0.5, 0.6) is 0 Å². The number of nitrogens with zero attached hydrogens (tertiary/aromatic N) is 2. The Bertz CT molecular complexity index is 1450. The minimum absolute atomic E-state index is 0.0602. The molecule has 0 spiro atoms. The average molecular weight is 587 g/mol. The van der Waals surface area contributed by atoms with Gasteiger partial charge in [-0.25, -0.2) is 4.98 Å². The van der Waals surface area contributed by atoms with Crippen molar-refractivity contribution in [2.75, 3.05) is 13.1 Å². The van der Waals surface area contributed by atoms with E-state index in [0.29, 0.717) is 43.3 Å². The molecule has 42 heavy (non-hydrogen) atoms. The standard InChI is InChI=1S/C35H46N4O2S/c1-5-8-13-21-39(22-20-26(7-3)34(40)32-19-18-27-14-9-11-16-30(27)37-32)35(41)33(38-42-25(4)6-2)23-28-24-36-31-17-12-10-15-29(28)31/h9-12,14-19,24-26,33,36,38H,5-8,13,20-23H2,1-4H3/t25-,26?,33+/m1/s1. The van der Waals surface area contributed by atoms with E-state index in [9.17, 15) is 9.59 Å². The van der Waals surface area contributed by atoms with Gasteiger partial charge in [0, 0.05) is 46.7 Å². The second-order valence-corrected chi connectivity index (χ2v) is 12.5. The molecule has 7 heteroatoms. The minimum atomic E-state index is -0.359. The number of rotatable bonds is 17. The highest BCUT2D eigenvalue weighted by Crippen LogP contribution is 2.23. The van der Waals surface area contributed by atoms with Gasteiger partial charge in [-0.3, -0.25) is 14.3 Å². The first-order chi connectivity index (χ1) is 20.4. The zero-order valence-electron chi connectivity index (χ0n) is 25.6. The highest BCUT2D eigenvalue weighted by atomic mass is 32.2. The Labute approximate surface area is 255 Å². The largest absolute Gasteiger partial charge is 0.361 e. The maximum absolute atomic E-state index is 14.2. The topological polar surface area (TPSA) is 78.1 Å². The number of nitrogens with one attached hydrogen (secondary N) is 2. The lowest BCUT2D eigenvalue weighted by Crippen LogP contribution is -2.47. The van der Waals surface area contributed by atoms with Gasteiger partial charge in [-0.1, -0.05) is 94.9 Å². The molecule has 0 aliphatic carbocycles. The van der Waals surface area contributed by atoms with Crippen molar-refractivity contribution in [2.45, 2.75) is 83.9 Å². The number of unbranched alkanes of at least 4 members (excludes halogenated alkanes) is 2. The van der Waals surface area contributed by atoms with Gasteiger partial charge < -0.3 is 9.88 Å². The Morgan fingerprint density at radius 1 is 0.952 bits per heavy atom. The quantitative estimate of drug-likeness (QED) is 0.0745. The van der Waals surface area contributed by atoms with Crippen LogP contribution in [0.4, 0.5) is 0 Å². The lowest BCUT2D eigenvalue weighted by Gasteiger charge is -2.29. The van der Waals surface area contributed by atoms with Crippen molar-refractivity contribution in [3.63, 3.8) is 0 Å². The molecule has 224 valence electrons. The van der Waals surface area contributed by atoms with E-state index in [0.717, 1.165) is 53.1 Å². The zero-order chi connectivity index (χ0) is 29.9. The van der Waals surface area contributed by atoms with Gasteiger partial charge in [0.05, 0.1) is 5.52 Å². The lowest BCUT2D eigenvalue weighted by atomic mass is 9.94. The van der Waals surface area contributed by atoms with Crippen molar-refractivity contribution in [2.24, 2.45) is 5.92 Å². The van der Waals surface area contributed by atoms with Crippen LogP contribution in [0.25, 0.3) is 21.8 Å². The monoisotopic (exact) mass is 586 g/mol. The number of aromatic nitrogens is 2. The predicted octanol–water partition coefficient (Wildman–Crippen LogP) is 7.98.